The van der Waals surface area contributed by atoms with Crippen molar-refractivity contribution in [3.63, 3.8) is 0 Å². The molecule has 1 rings (SSSR count). The first-order valence-corrected chi connectivity index (χ1v) is 7.12. The molecule has 0 spiro atoms. The highest BCUT2D eigenvalue weighted by Gasteiger charge is 2.30. The zero-order valence-electron chi connectivity index (χ0n) is 12.7. The normalized spacial score (nSPS) is 25.3. The zero-order valence-corrected chi connectivity index (χ0v) is 12.7. The molecule has 2 atom stereocenters. The third-order valence-corrected chi connectivity index (χ3v) is 3.30. The van der Waals surface area contributed by atoms with Crippen LogP contribution in [0.25, 0.3) is 0 Å². The quantitative estimate of drug-likeness (QED) is 0.667. The van der Waals surface area contributed by atoms with Crippen molar-refractivity contribution in [2.24, 2.45) is 5.73 Å². The fourth-order valence-corrected chi connectivity index (χ4v) is 2.27. The topological polar surface area (TPSA) is 76.4 Å². The zero-order chi connectivity index (χ0) is 14.5. The third-order valence-electron chi connectivity index (χ3n) is 3.30. The Morgan fingerprint density at radius 3 is 2.63 bits per heavy atom. The van der Waals surface area contributed by atoms with Crippen molar-refractivity contribution in [3.05, 3.63) is 0 Å². The Morgan fingerprint density at radius 2 is 2.16 bits per heavy atom. The van der Waals surface area contributed by atoms with Crippen molar-refractivity contribution >= 4 is 5.91 Å². The van der Waals surface area contributed by atoms with Gasteiger partial charge in [0.2, 0.25) is 5.91 Å². The molecule has 1 aliphatic rings. The lowest BCUT2D eigenvalue weighted by atomic mass is 10.0. The summed E-state index contributed by atoms with van der Waals surface area (Å²) in [5, 5.41) is 6.31. The summed E-state index contributed by atoms with van der Waals surface area (Å²) in [5.41, 5.74) is 5.43. The van der Waals surface area contributed by atoms with E-state index in [9.17, 15) is 4.79 Å². The summed E-state index contributed by atoms with van der Waals surface area (Å²) >= 11 is 0. The highest BCUT2D eigenvalue weighted by molar-refractivity contribution is 5.77. The van der Waals surface area contributed by atoms with E-state index in [4.69, 9.17) is 10.5 Å². The first-order valence-electron chi connectivity index (χ1n) is 7.12. The van der Waals surface area contributed by atoms with E-state index in [2.05, 4.69) is 17.6 Å². The van der Waals surface area contributed by atoms with Gasteiger partial charge in [-0.05, 0) is 40.5 Å². The van der Waals surface area contributed by atoms with Gasteiger partial charge in [0.05, 0.1) is 5.60 Å². The molecule has 5 nitrogen and oxygen atoms in total. The van der Waals surface area contributed by atoms with Gasteiger partial charge in [0.15, 0.2) is 0 Å². The first-order chi connectivity index (χ1) is 8.74. The molecule has 1 amide bonds. The van der Waals surface area contributed by atoms with Crippen molar-refractivity contribution in [1.29, 1.82) is 0 Å². The maximum atomic E-state index is 11.9. The maximum absolute atomic E-state index is 11.9. The molecular weight excluding hydrogens is 242 g/mol. The Hall–Kier alpha value is -0.650. The van der Waals surface area contributed by atoms with Crippen LogP contribution in [0.15, 0.2) is 0 Å². The lowest BCUT2D eigenvalue weighted by molar-refractivity contribution is -0.123. The number of rotatable bonds is 6. The Morgan fingerprint density at radius 1 is 1.47 bits per heavy atom. The van der Waals surface area contributed by atoms with Crippen LogP contribution in [-0.2, 0) is 9.53 Å². The van der Waals surface area contributed by atoms with Crippen molar-refractivity contribution in [2.75, 3.05) is 19.7 Å². The molecule has 0 bridgehead atoms. The summed E-state index contributed by atoms with van der Waals surface area (Å²) in [5.74, 6) is 0.0351. The molecule has 0 aliphatic carbocycles. The van der Waals surface area contributed by atoms with Crippen molar-refractivity contribution < 1.29 is 9.53 Å². The van der Waals surface area contributed by atoms with Gasteiger partial charge in [-0.2, -0.15) is 0 Å². The molecule has 0 aromatic carbocycles. The summed E-state index contributed by atoms with van der Waals surface area (Å²) < 4.78 is 5.72. The summed E-state index contributed by atoms with van der Waals surface area (Å²) in [6.07, 6.45) is 2.57. The average Bonchev–Trinajstić information content (AvgIpc) is 2.69. The fraction of sp³-hybridized carbons (Fsp3) is 0.929. The minimum Gasteiger partial charge on any atom is -0.374 e. The predicted molar refractivity (Wildman–Crippen MR) is 76.9 cm³/mol. The van der Waals surface area contributed by atoms with E-state index in [1.165, 1.54) is 0 Å². The fourth-order valence-electron chi connectivity index (χ4n) is 2.27. The smallest absolute Gasteiger partial charge is 0.222 e. The number of nitrogens with two attached hydrogens (primary N) is 1. The van der Waals surface area contributed by atoms with Crippen LogP contribution in [0.5, 0.6) is 0 Å². The molecule has 0 radical (unpaired) electrons. The van der Waals surface area contributed by atoms with Crippen LogP contribution in [0.1, 0.15) is 47.0 Å². The molecule has 0 aromatic heterocycles. The predicted octanol–water partition coefficient (Wildman–Crippen LogP) is 0.777. The van der Waals surface area contributed by atoms with Crippen molar-refractivity contribution in [2.45, 2.75) is 64.1 Å². The SMILES string of the molecule is CC(C)(C)NC(=O)CC(CN)NCC1(C)CCCO1. The second-order valence-corrected chi connectivity index (χ2v) is 6.72. The van der Waals surface area contributed by atoms with Crippen LogP contribution in [0.3, 0.4) is 0 Å². The number of hydrogen-bond donors (Lipinski definition) is 3. The molecule has 2 unspecified atom stereocenters. The highest BCUT2D eigenvalue weighted by Crippen LogP contribution is 2.24. The van der Waals surface area contributed by atoms with Gasteiger partial charge < -0.3 is 21.1 Å². The highest BCUT2D eigenvalue weighted by atomic mass is 16.5. The molecule has 1 fully saturated rings. The minimum atomic E-state index is -0.198. The van der Waals surface area contributed by atoms with E-state index in [0.717, 1.165) is 26.0 Å². The van der Waals surface area contributed by atoms with Gasteiger partial charge >= 0.3 is 0 Å². The number of ether oxygens (including phenoxy) is 1. The largest absolute Gasteiger partial charge is 0.374 e. The van der Waals surface area contributed by atoms with Gasteiger partial charge in [-0.25, -0.2) is 0 Å². The molecule has 19 heavy (non-hydrogen) atoms. The van der Waals surface area contributed by atoms with Gasteiger partial charge in [-0.1, -0.05) is 0 Å². The average molecular weight is 271 g/mol. The lowest BCUT2D eigenvalue weighted by Gasteiger charge is -2.27. The van der Waals surface area contributed by atoms with Gasteiger partial charge in [0.1, 0.15) is 0 Å². The van der Waals surface area contributed by atoms with E-state index in [-0.39, 0.29) is 23.1 Å². The third kappa shape index (κ3) is 6.36. The van der Waals surface area contributed by atoms with Crippen LogP contribution in [0.4, 0.5) is 0 Å². The Bertz CT molecular complexity index is 294. The van der Waals surface area contributed by atoms with Gasteiger partial charge in [0, 0.05) is 37.7 Å². The number of carbonyl (C=O) groups excluding carboxylic acids is 1. The number of nitrogens with one attached hydrogen (secondary N) is 2. The maximum Gasteiger partial charge on any atom is 0.222 e. The Labute approximate surface area is 116 Å². The standard InChI is InChI=1S/C14H29N3O2/c1-13(2,3)17-12(18)8-11(9-15)16-10-14(4)6-5-7-19-14/h11,16H,5-10,15H2,1-4H3,(H,17,18). The Kier molecular flexibility index (Phi) is 5.77. The Balaban J connectivity index is 2.35. The number of carbonyl (C=O) groups is 1. The van der Waals surface area contributed by atoms with Crippen molar-refractivity contribution in [1.82, 2.24) is 10.6 Å². The van der Waals surface area contributed by atoms with E-state index in [1.807, 2.05) is 20.8 Å². The molecule has 1 saturated heterocycles. The van der Waals surface area contributed by atoms with E-state index >= 15 is 0 Å². The van der Waals surface area contributed by atoms with Gasteiger partial charge in [-0.3, -0.25) is 4.79 Å². The summed E-state index contributed by atoms with van der Waals surface area (Å²) in [7, 11) is 0. The summed E-state index contributed by atoms with van der Waals surface area (Å²) in [6, 6.07) is 0.00312. The summed E-state index contributed by atoms with van der Waals surface area (Å²) in [6.45, 7) is 10.1. The van der Waals surface area contributed by atoms with Gasteiger partial charge in [-0.15, -0.1) is 0 Å². The monoisotopic (exact) mass is 271 g/mol. The molecule has 0 saturated carbocycles. The number of amides is 1. The van der Waals surface area contributed by atoms with E-state index in [1.54, 1.807) is 0 Å². The lowest BCUT2D eigenvalue weighted by Crippen LogP contribution is -2.49. The first kappa shape index (κ1) is 16.4. The number of hydrogen-bond acceptors (Lipinski definition) is 4. The molecular formula is C14H29N3O2. The van der Waals surface area contributed by atoms with Crippen LogP contribution in [0, 0.1) is 0 Å². The van der Waals surface area contributed by atoms with Gasteiger partial charge in [0.25, 0.3) is 0 Å². The van der Waals surface area contributed by atoms with Crippen LogP contribution in [0.2, 0.25) is 0 Å². The second-order valence-electron chi connectivity index (χ2n) is 6.72. The molecule has 112 valence electrons. The summed E-state index contributed by atoms with van der Waals surface area (Å²) in [4.78, 5) is 11.9. The molecule has 0 aromatic rings. The van der Waals surface area contributed by atoms with Crippen LogP contribution < -0.4 is 16.4 Å². The van der Waals surface area contributed by atoms with E-state index in [0.29, 0.717) is 13.0 Å². The molecule has 1 aliphatic heterocycles. The van der Waals surface area contributed by atoms with Crippen LogP contribution in [-0.4, -0.2) is 42.8 Å². The molecule has 1 heterocycles. The van der Waals surface area contributed by atoms with Crippen molar-refractivity contribution in [3.8, 4) is 0 Å². The van der Waals surface area contributed by atoms with E-state index < -0.39 is 0 Å². The minimum absolute atomic E-state index is 0.00312. The molecule has 4 N–H and O–H groups in total. The van der Waals surface area contributed by atoms with Crippen LogP contribution >= 0.6 is 0 Å². The second kappa shape index (κ2) is 6.68. The molecule has 5 heteroatoms.